The molecule has 2 aromatic rings. The number of piperidine rings is 1. The number of carbonyl (C=O) groups excluding carboxylic acids is 1. The van der Waals surface area contributed by atoms with Gasteiger partial charge < -0.3 is 19.8 Å². The zero-order valence-corrected chi connectivity index (χ0v) is 15.8. The summed E-state index contributed by atoms with van der Waals surface area (Å²) in [4.78, 5) is 25.9. The third-order valence-electron chi connectivity index (χ3n) is 5.93. The van der Waals surface area contributed by atoms with Crippen molar-refractivity contribution in [2.45, 2.75) is 32.2 Å². The minimum absolute atomic E-state index is 0.140. The zero-order chi connectivity index (χ0) is 19.5. The average molecular weight is 383 g/mol. The molecule has 1 aromatic heterocycles. The maximum atomic E-state index is 13.0. The molecule has 0 bridgehead atoms. The number of amides is 1. The molecule has 1 aromatic carbocycles. The van der Waals surface area contributed by atoms with Gasteiger partial charge in [-0.15, -0.1) is 0 Å². The molecular formula is C21H25N3O4. The molecule has 0 spiro atoms. The number of aromatic carboxylic acids is 1. The Hall–Kier alpha value is -2.67. The number of rotatable bonds is 5. The van der Waals surface area contributed by atoms with Crippen molar-refractivity contribution in [3.05, 3.63) is 52.9 Å². The highest BCUT2D eigenvalue weighted by molar-refractivity contribution is 5.84. The molecular weight excluding hydrogens is 358 g/mol. The third-order valence-corrected chi connectivity index (χ3v) is 5.93. The summed E-state index contributed by atoms with van der Waals surface area (Å²) in [5.74, 6) is -0.550. The second-order valence-corrected chi connectivity index (χ2v) is 7.74. The maximum absolute atomic E-state index is 13.0. The monoisotopic (exact) mass is 383 g/mol. The van der Waals surface area contributed by atoms with Crippen molar-refractivity contribution < 1.29 is 19.2 Å². The first kappa shape index (κ1) is 18.7. The molecule has 2 atom stereocenters. The van der Waals surface area contributed by atoms with Crippen molar-refractivity contribution >= 4 is 11.9 Å². The molecule has 4 rings (SSSR count). The fraction of sp³-hybridized carbons (Fsp3) is 0.476. The van der Waals surface area contributed by atoms with E-state index in [1.807, 2.05) is 11.0 Å². The summed E-state index contributed by atoms with van der Waals surface area (Å²) >= 11 is 0. The van der Waals surface area contributed by atoms with Crippen LogP contribution in [-0.4, -0.2) is 46.7 Å². The van der Waals surface area contributed by atoms with E-state index in [-0.39, 0.29) is 23.5 Å². The third kappa shape index (κ3) is 4.09. The van der Waals surface area contributed by atoms with Crippen LogP contribution in [0.2, 0.25) is 0 Å². The second-order valence-electron chi connectivity index (χ2n) is 7.74. The highest BCUT2D eigenvalue weighted by atomic mass is 16.5. The van der Waals surface area contributed by atoms with Crippen molar-refractivity contribution in [1.29, 1.82) is 0 Å². The van der Waals surface area contributed by atoms with Crippen LogP contribution in [0, 0.1) is 11.8 Å². The van der Waals surface area contributed by atoms with Gasteiger partial charge in [0.25, 0.3) is 0 Å². The quantitative estimate of drug-likeness (QED) is 0.821. The lowest BCUT2D eigenvalue weighted by atomic mass is 9.81. The number of fused-ring (bicyclic) bond motifs is 1. The van der Waals surface area contributed by atoms with Crippen LogP contribution >= 0.6 is 0 Å². The van der Waals surface area contributed by atoms with Crippen molar-refractivity contribution in [3.8, 4) is 0 Å². The van der Waals surface area contributed by atoms with E-state index in [4.69, 9.17) is 9.63 Å². The van der Waals surface area contributed by atoms with Crippen LogP contribution in [0.3, 0.4) is 0 Å². The van der Waals surface area contributed by atoms with Crippen LogP contribution < -0.4 is 5.32 Å². The Labute approximate surface area is 163 Å². The SMILES string of the molecule is O=C(O)c1cc(CC2CNCCC2CC(=O)N2CCc3ccccc3C2)no1. The number of carboxylic acids is 1. The van der Waals surface area contributed by atoms with E-state index in [0.29, 0.717) is 25.1 Å². The Morgan fingerprint density at radius 3 is 2.86 bits per heavy atom. The van der Waals surface area contributed by atoms with Gasteiger partial charge in [0.1, 0.15) is 0 Å². The number of benzene rings is 1. The largest absolute Gasteiger partial charge is 0.475 e. The van der Waals surface area contributed by atoms with Crippen molar-refractivity contribution in [2.75, 3.05) is 19.6 Å². The zero-order valence-electron chi connectivity index (χ0n) is 15.8. The number of nitrogens with one attached hydrogen (secondary N) is 1. The second kappa shape index (κ2) is 8.14. The Morgan fingerprint density at radius 2 is 2.07 bits per heavy atom. The number of hydrogen-bond acceptors (Lipinski definition) is 5. The molecule has 0 aliphatic carbocycles. The number of nitrogens with zero attached hydrogens (tertiary/aromatic N) is 2. The summed E-state index contributed by atoms with van der Waals surface area (Å²) in [6, 6.07) is 9.81. The van der Waals surface area contributed by atoms with Crippen LogP contribution in [-0.2, 0) is 24.2 Å². The van der Waals surface area contributed by atoms with E-state index in [0.717, 1.165) is 32.5 Å². The molecule has 0 radical (unpaired) electrons. The first-order valence-electron chi connectivity index (χ1n) is 9.84. The molecule has 2 aliphatic heterocycles. The molecule has 7 heteroatoms. The summed E-state index contributed by atoms with van der Waals surface area (Å²) in [5.41, 5.74) is 3.22. The Balaban J connectivity index is 1.39. The van der Waals surface area contributed by atoms with E-state index in [1.165, 1.54) is 17.2 Å². The maximum Gasteiger partial charge on any atom is 0.374 e. The van der Waals surface area contributed by atoms with Gasteiger partial charge in [-0.1, -0.05) is 29.4 Å². The molecule has 1 fully saturated rings. The lowest BCUT2D eigenvalue weighted by Crippen LogP contribution is -2.42. The van der Waals surface area contributed by atoms with Crippen LogP contribution in [0.4, 0.5) is 0 Å². The van der Waals surface area contributed by atoms with Gasteiger partial charge in [-0.2, -0.15) is 0 Å². The Kier molecular flexibility index (Phi) is 5.43. The minimum Gasteiger partial charge on any atom is -0.475 e. The van der Waals surface area contributed by atoms with Crippen molar-refractivity contribution in [3.63, 3.8) is 0 Å². The lowest BCUT2D eigenvalue weighted by molar-refractivity contribution is -0.133. The van der Waals surface area contributed by atoms with Gasteiger partial charge >= 0.3 is 5.97 Å². The summed E-state index contributed by atoms with van der Waals surface area (Å²) in [6.45, 7) is 3.17. The Morgan fingerprint density at radius 1 is 1.25 bits per heavy atom. The van der Waals surface area contributed by atoms with Crippen LogP contribution in [0.15, 0.2) is 34.9 Å². The standard InChI is InChI=1S/C21H25N3O4/c25-20(24-8-6-14-3-1-2-4-16(14)13-24)10-15-5-7-22-12-17(15)9-18-11-19(21(26)27)28-23-18/h1-4,11,15,17,22H,5-10,12-13H2,(H,26,27). The number of hydrogen-bond donors (Lipinski definition) is 2. The lowest BCUT2D eigenvalue weighted by Gasteiger charge is -2.34. The predicted octanol–water partition coefficient (Wildman–Crippen LogP) is 2.12. The highest BCUT2D eigenvalue weighted by Crippen LogP contribution is 2.28. The molecule has 0 saturated carbocycles. The van der Waals surface area contributed by atoms with Gasteiger partial charge in [0.05, 0.1) is 5.69 Å². The molecule has 148 valence electrons. The summed E-state index contributed by atoms with van der Waals surface area (Å²) in [7, 11) is 0. The van der Waals surface area contributed by atoms with Gasteiger partial charge in [0, 0.05) is 25.6 Å². The molecule has 2 unspecified atom stereocenters. The first-order valence-corrected chi connectivity index (χ1v) is 9.84. The van der Waals surface area contributed by atoms with E-state index in [1.54, 1.807) is 0 Å². The van der Waals surface area contributed by atoms with Gasteiger partial charge in [-0.3, -0.25) is 4.79 Å². The van der Waals surface area contributed by atoms with Gasteiger partial charge in [0.15, 0.2) is 0 Å². The number of aromatic nitrogens is 1. The van der Waals surface area contributed by atoms with Gasteiger partial charge in [-0.25, -0.2) is 4.79 Å². The van der Waals surface area contributed by atoms with Gasteiger partial charge in [0.2, 0.25) is 11.7 Å². The van der Waals surface area contributed by atoms with Crippen LogP contribution in [0.25, 0.3) is 0 Å². The van der Waals surface area contributed by atoms with Gasteiger partial charge in [-0.05, 0) is 55.3 Å². The molecule has 7 nitrogen and oxygen atoms in total. The molecule has 2 aliphatic rings. The normalized spacial score (nSPS) is 21.9. The summed E-state index contributed by atoms with van der Waals surface area (Å²) in [6.07, 6.45) is 2.99. The average Bonchev–Trinajstić information content (AvgIpc) is 3.18. The summed E-state index contributed by atoms with van der Waals surface area (Å²) in [5, 5.41) is 16.3. The van der Waals surface area contributed by atoms with E-state index in [9.17, 15) is 9.59 Å². The van der Waals surface area contributed by atoms with Crippen LogP contribution in [0.1, 0.15) is 40.2 Å². The molecule has 1 saturated heterocycles. The smallest absolute Gasteiger partial charge is 0.374 e. The molecule has 28 heavy (non-hydrogen) atoms. The summed E-state index contributed by atoms with van der Waals surface area (Å²) < 4.78 is 4.87. The fourth-order valence-electron chi connectivity index (χ4n) is 4.32. The van der Waals surface area contributed by atoms with E-state index in [2.05, 4.69) is 28.7 Å². The molecule has 3 heterocycles. The fourth-order valence-corrected chi connectivity index (χ4v) is 4.32. The topological polar surface area (TPSA) is 95.7 Å². The predicted molar refractivity (Wildman–Crippen MR) is 102 cm³/mol. The van der Waals surface area contributed by atoms with E-state index >= 15 is 0 Å². The van der Waals surface area contributed by atoms with Crippen molar-refractivity contribution in [2.24, 2.45) is 11.8 Å². The minimum atomic E-state index is -1.11. The molecule has 1 amide bonds. The Bertz CT molecular complexity index is 863. The number of carbonyl (C=O) groups is 2. The first-order chi connectivity index (χ1) is 13.6. The van der Waals surface area contributed by atoms with Crippen LogP contribution in [0.5, 0.6) is 0 Å². The van der Waals surface area contributed by atoms with E-state index < -0.39 is 5.97 Å². The molecule has 2 N–H and O–H groups in total. The number of carboxylic acid groups (broad SMARTS) is 1. The highest BCUT2D eigenvalue weighted by Gasteiger charge is 2.30. The van der Waals surface area contributed by atoms with Crippen molar-refractivity contribution in [1.82, 2.24) is 15.4 Å².